The van der Waals surface area contributed by atoms with Crippen molar-refractivity contribution in [2.24, 2.45) is 0 Å². The molecular formula is C25H27N3O3S. The van der Waals surface area contributed by atoms with Crippen molar-refractivity contribution in [1.29, 1.82) is 0 Å². The molecule has 0 saturated carbocycles. The Morgan fingerprint density at radius 1 is 1.09 bits per heavy atom. The van der Waals surface area contributed by atoms with Crippen molar-refractivity contribution in [2.45, 2.75) is 12.6 Å². The first-order valence-corrected chi connectivity index (χ1v) is 11.6. The lowest BCUT2D eigenvalue weighted by atomic mass is 10.1. The molecule has 2 amide bonds. The number of carbonyl (C=O) groups is 2. The minimum Gasteiger partial charge on any atom is -0.374 e. The molecular weight excluding hydrogens is 422 g/mol. The van der Waals surface area contributed by atoms with E-state index in [1.165, 1.54) is 21.8 Å². The Labute approximate surface area is 192 Å². The molecule has 1 N–H and O–H groups in total. The highest BCUT2D eigenvalue weighted by Crippen LogP contribution is 2.22. The Balaban J connectivity index is 1.36. The van der Waals surface area contributed by atoms with Crippen LogP contribution in [0.4, 0.5) is 5.69 Å². The van der Waals surface area contributed by atoms with Gasteiger partial charge >= 0.3 is 0 Å². The first-order chi connectivity index (χ1) is 15.6. The first kappa shape index (κ1) is 22.2. The smallest absolute Gasteiger partial charge is 0.268 e. The van der Waals surface area contributed by atoms with Gasteiger partial charge in [-0.25, -0.2) is 0 Å². The van der Waals surface area contributed by atoms with Crippen LogP contribution in [0.2, 0.25) is 0 Å². The van der Waals surface area contributed by atoms with Gasteiger partial charge in [0.1, 0.15) is 0 Å². The number of amides is 2. The highest BCUT2D eigenvalue weighted by atomic mass is 32.1. The van der Waals surface area contributed by atoms with Gasteiger partial charge in [-0.2, -0.15) is 0 Å². The molecule has 1 unspecified atom stereocenters. The van der Waals surface area contributed by atoms with Crippen LogP contribution in [0, 0.1) is 0 Å². The van der Waals surface area contributed by atoms with E-state index in [0.717, 1.165) is 19.6 Å². The molecule has 1 aliphatic heterocycles. The van der Waals surface area contributed by atoms with Crippen molar-refractivity contribution in [2.75, 3.05) is 38.2 Å². The number of ether oxygens (including phenoxy) is 1. The second kappa shape index (κ2) is 10.5. The number of morpholine rings is 1. The van der Waals surface area contributed by atoms with Crippen LogP contribution in [0.15, 0.2) is 72.1 Å². The Kier molecular flexibility index (Phi) is 7.32. The SMILES string of the molecule is CN(C(=O)c1cccs1)c1ccccc1C(=O)NCC1CN(Cc2ccccc2)CCO1. The number of nitrogens with zero attached hydrogens (tertiary/aromatic N) is 2. The second-order valence-corrected chi connectivity index (χ2v) is 8.73. The molecule has 3 aromatic rings. The minimum absolute atomic E-state index is 0.0749. The van der Waals surface area contributed by atoms with Gasteiger partial charge in [0.15, 0.2) is 0 Å². The second-order valence-electron chi connectivity index (χ2n) is 7.78. The number of anilines is 1. The van der Waals surface area contributed by atoms with Crippen LogP contribution in [0.5, 0.6) is 0 Å². The summed E-state index contributed by atoms with van der Waals surface area (Å²) in [5, 5.41) is 4.86. The molecule has 1 saturated heterocycles. The quantitative estimate of drug-likeness (QED) is 0.598. The summed E-state index contributed by atoms with van der Waals surface area (Å²) in [6.07, 6.45) is -0.0749. The largest absolute Gasteiger partial charge is 0.374 e. The molecule has 2 aromatic carbocycles. The number of para-hydroxylation sites is 1. The monoisotopic (exact) mass is 449 g/mol. The Hall–Kier alpha value is -3.00. The fraction of sp³-hybridized carbons (Fsp3) is 0.280. The Morgan fingerprint density at radius 3 is 2.66 bits per heavy atom. The van der Waals surface area contributed by atoms with Crippen LogP contribution in [0.1, 0.15) is 25.6 Å². The van der Waals surface area contributed by atoms with Crippen molar-refractivity contribution in [3.05, 3.63) is 88.1 Å². The number of thiophene rings is 1. The van der Waals surface area contributed by atoms with Gasteiger partial charge in [0, 0.05) is 33.2 Å². The molecule has 1 aromatic heterocycles. The number of hydrogen-bond donors (Lipinski definition) is 1. The fourth-order valence-corrected chi connectivity index (χ4v) is 4.52. The molecule has 0 spiro atoms. The average Bonchev–Trinajstić information content (AvgIpc) is 3.37. The molecule has 1 atom stereocenters. The molecule has 0 aliphatic carbocycles. The highest BCUT2D eigenvalue weighted by Gasteiger charge is 2.23. The predicted molar refractivity (Wildman–Crippen MR) is 127 cm³/mol. The van der Waals surface area contributed by atoms with Crippen molar-refractivity contribution in [3.63, 3.8) is 0 Å². The van der Waals surface area contributed by atoms with E-state index in [1.807, 2.05) is 35.7 Å². The van der Waals surface area contributed by atoms with Crippen molar-refractivity contribution in [1.82, 2.24) is 10.2 Å². The number of benzene rings is 2. The predicted octanol–water partition coefficient (Wildman–Crippen LogP) is 3.66. The van der Waals surface area contributed by atoms with Crippen molar-refractivity contribution < 1.29 is 14.3 Å². The molecule has 2 heterocycles. The van der Waals surface area contributed by atoms with Crippen molar-refractivity contribution in [3.8, 4) is 0 Å². The number of hydrogen-bond acceptors (Lipinski definition) is 5. The zero-order valence-electron chi connectivity index (χ0n) is 18.1. The fourth-order valence-electron chi connectivity index (χ4n) is 3.82. The summed E-state index contributed by atoms with van der Waals surface area (Å²) in [7, 11) is 1.69. The highest BCUT2D eigenvalue weighted by molar-refractivity contribution is 7.12. The van der Waals surface area contributed by atoms with Crippen LogP contribution >= 0.6 is 11.3 Å². The number of rotatable bonds is 7. The van der Waals surface area contributed by atoms with E-state index >= 15 is 0 Å². The normalized spacial score (nSPS) is 16.5. The molecule has 0 radical (unpaired) electrons. The molecule has 0 bridgehead atoms. The summed E-state index contributed by atoms with van der Waals surface area (Å²) in [4.78, 5) is 30.2. The van der Waals surface area contributed by atoms with E-state index in [1.54, 1.807) is 31.3 Å². The van der Waals surface area contributed by atoms with E-state index in [2.05, 4.69) is 22.3 Å². The van der Waals surface area contributed by atoms with Crippen LogP contribution in [-0.4, -0.2) is 56.1 Å². The van der Waals surface area contributed by atoms with Gasteiger partial charge in [-0.1, -0.05) is 48.5 Å². The lowest BCUT2D eigenvalue weighted by Gasteiger charge is -2.33. The van der Waals surface area contributed by atoms with E-state index in [9.17, 15) is 9.59 Å². The van der Waals surface area contributed by atoms with Gasteiger partial charge < -0.3 is 15.0 Å². The first-order valence-electron chi connectivity index (χ1n) is 10.7. The average molecular weight is 450 g/mol. The van der Waals surface area contributed by atoms with E-state index < -0.39 is 0 Å². The van der Waals surface area contributed by atoms with Gasteiger partial charge in [-0.15, -0.1) is 11.3 Å². The molecule has 1 fully saturated rings. The summed E-state index contributed by atoms with van der Waals surface area (Å²) in [6.45, 7) is 3.56. The van der Waals surface area contributed by atoms with Crippen LogP contribution < -0.4 is 10.2 Å². The standard InChI is InChI=1S/C25H27N3O3S/c1-27(25(30)23-12-7-15-32-23)22-11-6-5-10-21(22)24(29)26-16-20-18-28(13-14-31-20)17-19-8-3-2-4-9-19/h2-12,15,20H,13-14,16-18H2,1H3,(H,26,29). The zero-order chi connectivity index (χ0) is 22.3. The van der Waals surface area contributed by atoms with E-state index in [0.29, 0.717) is 29.3 Å². The van der Waals surface area contributed by atoms with Crippen LogP contribution in [0.3, 0.4) is 0 Å². The molecule has 7 heteroatoms. The number of nitrogens with one attached hydrogen (secondary N) is 1. The van der Waals surface area contributed by atoms with Crippen molar-refractivity contribution >= 4 is 28.8 Å². The molecule has 4 rings (SSSR count). The maximum absolute atomic E-state index is 13.0. The van der Waals surface area contributed by atoms with Gasteiger partial charge in [-0.05, 0) is 29.1 Å². The third-order valence-electron chi connectivity index (χ3n) is 5.51. The summed E-state index contributed by atoms with van der Waals surface area (Å²) in [5.41, 5.74) is 2.32. The third kappa shape index (κ3) is 5.43. The molecule has 166 valence electrons. The van der Waals surface area contributed by atoms with E-state index in [4.69, 9.17) is 4.74 Å². The van der Waals surface area contributed by atoms with Gasteiger partial charge in [0.25, 0.3) is 11.8 Å². The van der Waals surface area contributed by atoms with E-state index in [-0.39, 0.29) is 17.9 Å². The topological polar surface area (TPSA) is 61.9 Å². The van der Waals surface area contributed by atoms with Gasteiger partial charge in [0.2, 0.25) is 0 Å². The summed E-state index contributed by atoms with van der Waals surface area (Å²) < 4.78 is 5.88. The summed E-state index contributed by atoms with van der Waals surface area (Å²) in [5.74, 6) is -0.345. The maximum Gasteiger partial charge on any atom is 0.268 e. The van der Waals surface area contributed by atoms with Crippen LogP contribution in [-0.2, 0) is 11.3 Å². The lowest BCUT2D eigenvalue weighted by Crippen LogP contribution is -2.47. The Bertz CT molecular complexity index is 1040. The van der Waals surface area contributed by atoms with Gasteiger partial charge in [-0.3, -0.25) is 14.5 Å². The number of carbonyl (C=O) groups excluding carboxylic acids is 2. The summed E-state index contributed by atoms with van der Waals surface area (Å²) in [6, 6.07) is 21.2. The van der Waals surface area contributed by atoms with Gasteiger partial charge in [0.05, 0.1) is 28.8 Å². The molecule has 32 heavy (non-hydrogen) atoms. The third-order valence-corrected chi connectivity index (χ3v) is 6.37. The Morgan fingerprint density at radius 2 is 1.88 bits per heavy atom. The summed E-state index contributed by atoms with van der Waals surface area (Å²) >= 11 is 1.39. The minimum atomic E-state index is -0.213. The lowest BCUT2D eigenvalue weighted by molar-refractivity contribution is -0.0292. The maximum atomic E-state index is 13.0. The van der Waals surface area contributed by atoms with Crippen LogP contribution in [0.25, 0.3) is 0 Å². The molecule has 1 aliphatic rings. The zero-order valence-corrected chi connectivity index (χ0v) is 18.9. The molecule has 6 nitrogen and oxygen atoms in total.